The van der Waals surface area contributed by atoms with Gasteiger partial charge >= 0.3 is 5.97 Å². The predicted octanol–water partition coefficient (Wildman–Crippen LogP) is 4.55. The second-order valence-corrected chi connectivity index (χ2v) is 11.4. The van der Waals surface area contributed by atoms with Gasteiger partial charge in [0.15, 0.2) is 4.80 Å². The number of fused-ring (bicyclic) bond motifs is 1. The highest BCUT2D eigenvalue weighted by atomic mass is 32.1. The predicted molar refractivity (Wildman–Crippen MR) is 134 cm³/mol. The van der Waals surface area contributed by atoms with Crippen LogP contribution in [0.4, 0.5) is 0 Å². The maximum absolute atomic E-state index is 13.6. The molecule has 3 aromatic rings. The normalized spacial score (nSPS) is 16.7. The van der Waals surface area contributed by atoms with E-state index in [1.807, 2.05) is 49.6 Å². The molecule has 7 heteroatoms. The Kier molecular flexibility index (Phi) is 6.29. The topological polar surface area (TPSA) is 60.7 Å². The van der Waals surface area contributed by atoms with Crippen LogP contribution in [0.3, 0.4) is 0 Å². The molecule has 0 spiro atoms. The molecule has 1 atom stereocenters. The SMILES string of the molecule is CC1=C(C(=O)OC(C)C)[C@H](c2cccs2)n2c(s/c(=C/c3ccc(C(C)(C)C)cc3)c2=O)=N1. The molecule has 172 valence electrons. The molecule has 0 saturated carbocycles. The van der Waals surface area contributed by atoms with Crippen LogP contribution in [0.1, 0.15) is 63.6 Å². The van der Waals surface area contributed by atoms with Crippen molar-refractivity contribution in [1.82, 2.24) is 4.57 Å². The van der Waals surface area contributed by atoms with Gasteiger partial charge in [-0.1, -0.05) is 62.4 Å². The molecular weight excluding hydrogens is 452 g/mol. The Morgan fingerprint density at radius 2 is 1.88 bits per heavy atom. The molecule has 3 heterocycles. The molecule has 1 aliphatic heterocycles. The van der Waals surface area contributed by atoms with Gasteiger partial charge in [0.2, 0.25) is 0 Å². The third-order valence-electron chi connectivity index (χ3n) is 5.47. The second kappa shape index (κ2) is 8.88. The van der Waals surface area contributed by atoms with Gasteiger partial charge in [0.1, 0.15) is 6.04 Å². The molecule has 5 nitrogen and oxygen atoms in total. The quantitative estimate of drug-likeness (QED) is 0.515. The summed E-state index contributed by atoms with van der Waals surface area (Å²) in [5.74, 6) is -0.434. The van der Waals surface area contributed by atoms with E-state index >= 15 is 0 Å². The first-order valence-electron chi connectivity index (χ1n) is 10.9. The highest BCUT2D eigenvalue weighted by Crippen LogP contribution is 2.33. The minimum Gasteiger partial charge on any atom is -0.459 e. The summed E-state index contributed by atoms with van der Waals surface area (Å²) < 4.78 is 7.74. The van der Waals surface area contributed by atoms with E-state index in [0.717, 1.165) is 10.4 Å². The Hall–Kier alpha value is -2.77. The molecule has 0 saturated heterocycles. The minimum absolute atomic E-state index is 0.0666. The number of thiophene rings is 1. The number of allylic oxidation sites excluding steroid dienone is 1. The van der Waals surface area contributed by atoms with Crippen LogP contribution in [0.5, 0.6) is 0 Å². The zero-order valence-corrected chi connectivity index (χ0v) is 21.3. The third-order valence-corrected chi connectivity index (χ3v) is 7.38. The summed E-state index contributed by atoms with van der Waals surface area (Å²) in [4.78, 5) is 32.7. The minimum atomic E-state index is -0.544. The van der Waals surface area contributed by atoms with Crippen LogP contribution in [0.25, 0.3) is 6.08 Å². The van der Waals surface area contributed by atoms with Crippen LogP contribution >= 0.6 is 22.7 Å². The van der Waals surface area contributed by atoms with E-state index in [-0.39, 0.29) is 17.1 Å². The standard InChI is InChI=1S/C26H28N2O3S2/c1-15(2)31-24(30)21-16(3)27-25-28(22(21)19-8-7-13-32-19)23(29)20(33-25)14-17-9-11-18(12-10-17)26(4,5)6/h7-15,22H,1-6H3/b20-14+/t22-/m0/s1. The van der Waals surface area contributed by atoms with E-state index < -0.39 is 12.0 Å². The number of carbonyl (C=O) groups is 1. The molecule has 4 rings (SSSR count). The second-order valence-electron chi connectivity index (χ2n) is 9.42. The number of benzene rings is 1. The molecule has 33 heavy (non-hydrogen) atoms. The lowest BCUT2D eigenvalue weighted by Gasteiger charge is -2.24. The molecule has 1 aliphatic rings. The average Bonchev–Trinajstić information content (AvgIpc) is 3.35. The Morgan fingerprint density at radius 1 is 1.18 bits per heavy atom. The van der Waals surface area contributed by atoms with Gasteiger partial charge in [-0.05, 0) is 54.8 Å². The zero-order valence-electron chi connectivity index (χ0n) is 19.7. The van der Waals surface area contributed by atoms with E-state index in [0.29, 0.717) is 20.6 Å². The summed E-state index contributed by atoms with van der Waals surface area (Å²) in [5.41, 5.74) is 3.11. The van der Waals surface area contributed by atoms with Gasteiger partial charge in [0.25, 0.3) is 5.56 Å². The summed E-state index contributed by atoms with van der Waals surface area (Å²) in [6.45, 7) is 12.0. The van der Waals surface area contributed by atoms with Gasteiger partial charge in [0.05, 0.1) is 21.9 Å². The molecule has 0 fully saturated rings. The molecule has 2 aromatic heterocycles. The maximum atomic E-state index is 13.6. The summed E-state index contributed by atoms with van der Waals surface area (Å²) in [6.07, 6.45) is 1.63. The van der Waals surface area contributed by atoms with Crippen LogP contribution in [0, 0.1) is 0 Å². The number of rotatable bonds is 4. The van der Waals surface area contributed by atoms with Crippen molar-refractivity contribution in [3.63, 3.8) is 0 Å². The molecule has 0 amide bonds. The zero-order chi connectivity index (χ0) is 23.9. The Balaban J connectivity index is 1.85. The van der Waals surface area contributed by atoms with Gasteiger partial charge < -0.3 is 4.74 Å². The first kappa shape index (κ1) is 23.4. The lowest BCUT2D eigenvalue weighted by Crippen LogP contribution is -2.39. The average molecular weight is 481 g/mol. The molecule has 1 aromatic carbocycles. The fourth-order valence-corrected chi connectivity index (χ4v) is 5.68. The Labute approximate surface area is 201 Å². The number of aromatic nitrogens is 1. The first-order chi connectivity index (χ1) is 15.6. The van der Waals surface area contributed by atoms with Gasteiger partial charge in [-0.3, -0.25) is 9.36 Å². The monoisotopic (exact) mass is 480 g/mol. The first-order valence-corrected chi connectivity index (χ1v) is 12.6. The number of hydrogen-bond donors (Lipinski definition) is 0. The van der Waals surface area contributed by atoms with Gasteiger partial charge in [-0.15, -0.1) is 11.3 Å². The molecule has 0 N–H and O–H groups in total. The van der Waals surface area contributed by atoms with E-state index in [1.54, 1.807) is 11.5 Å². The van der Waals surface area contributed by atoms with Crippen LogP contribution in [-0.2, 0) is 14.9 Å². The molecule has 0 unspecified atom stereocenters. The number of carbonyl (C=O) groups excluding carboxylic acids is 1. The largest absolute Gasteiger partial charge is 0.459 e. The van der Waals surface area contributed by atoms with Gasteiger partial charge in [0, 0.05) is 4.88 Å². The van der Waals surface area contributed by atoms with Gasteiger partial charge in [-0.2, -0.15) is 0 Å². The van der Waals surface area contributed by atoms with Crippen LogP contribution in [-0.4, -0.2) is 16.6 Å². The van der Waals surface area contributed by atoms with Crippen molar-refractivity contribution in [2.45, 2.75) is 59.1 Å². The lowest BCUT2D eigenvalue weighted by molar-refractivity contribution is -0.143. The third kappa shape index (κ3) is 4.66. The van der Waals surface area contributed by atoms with Crippen molar-refractivity contribution in [3.05, 3.63) is 88.7 Å². The van der Waals surface area contributed by atoms with E-state index in [4.69, 9.17) is 4.74 Å². The summed E-state index contributed by atoms with van der Waals surface area (Å²) in [6, 6.07) is 11.6. The fraction of sp³-hybridized carbons (Fsp3) is 0.346. The number of thiazole rings is 1. The summed E-state index contributed by atoms with van der Waals surface area (Å²) >= 11 is 2.86. The van der Waals surface area contributed by atoms with Crippen molar-refractivity contribution in [2.75, 3.05) is 0 Å². The highest BCUT2D eigenvalue weighted by Gasteiger charge is 2.34. The number of hydrogen-bond acceptors (Lipinski definition) is 6. The van der Waals surface area contributed by atoms with E-state index in [2.05, 4.69) is 37.9 Å². The Bertz CT molecular complexity index is 1380. The molecule has 0 radical (unpaired) electrons. The Morgan fingerprint density at radius 3 is 2.45 bits per heavy atom. The number of ether oxygens (including phenoxy) is 1. The molecule has 0 aliphatic carbocycles. The van der Waals surface area contributed by atoms with Crippen molar-refractivity contribution < 1.29 is 9.53 Å². The maximum Gasteiger partial charge on any atom is 0.338 e. The highest BCUT2D eigenvalue weighted by molar-refractivity contribution is 7.10. The van der Waals surface area contributed by atoms with Crippen molar-refractivity contribution in [3.8, 4) is 0 Å². The lowest BCUT2D eigenvalue weighted by atomic mass is 9.87. The van der Waals surface area contributed by atoms with Crippen LogP contribution in [0.15, 0.2) is 62.8 Å². The fourth-order valence-electron chi connectivity index (χ4n) is 3.81. The summed E-state index contributed by atoms with van der Waals surface area (Å²) in [5, 5.41) is 1.95. The number of nitrogens with zero attached hydrogens (tertiary/aromatic N) is 2. The smallest absolute Gasteiger partial charge is 0.338 e. The van der Waals surface area contributed by atoms with E-state index in [1.165, 1.54) is 28.2 Å². The van der Waals surface area contributed by atoms with Crippen LogP contribution < -0.4 is 14.9 Å². The van der Waals surface area contributed by atoms with Gasteiger partial charge in [-0.25, -0.2) is 9.79 Å². The van der Waals surface area contributed by atoms with E-state index in [9.17, 15) is 9.59 Å². The van der Waals surface area contributed by atoms with Crippen LogP contribution in [0.2, 0.25) is 0 Å². The molecule has 0 bridgehead atoms. The van der Waals surface area contributed by atoms with Crippen molar-refractivity contribution in [2.24, 2.45) is 4.99 Å². The number of esters is 1. The molecular formula is C26H28N2O3S2. The van der Waals surface area contributed by atoms with Crippen molar-refractivity contribution in [1.29, 1.82) is 0 Å². The van der Waals surface area contributed by atoms with Crippen molar-refractivity contribution >= 4 is 34.7 Å². The summed E-state index contributed by atoms with van der Waals surface area (Å²) in [7, 11) is 0.